The lowest BCUT2D eigenvalue weighted by molar-refractivity contribution is 0.323. The summed E-state index contributed by atoms with van der Waals surface area (Å²) in [5.41, 5.74) is 2.34. The summed E-state index contributed by atoms with van der Waals surface area (Å²) in [5, 5.41) is 19.0. The molecule has 0 amide bonds. The number of nitriles is 1. The highest BCUT2D eigenvalue weighted by Crippen LogP contribution is 2.48. The highest BCUT2D eigenvalue weighted by Gasteiger charge is 2.38. The van der Waals surface area contributed by atoms with Gasteiger partial charge in [-0.25, -0.2) is 0 Å². The van der Waals surface area contributed by atoms with E-state index in [0.29, 0.717) is 23.0 Å². The van der Waals surface area contributed by atoms with Crippen molar-refractivity contribution in [2.45, 2.75) is 5.92 Å². The molecule has 2 heterocycles. The van der Waals surface area contributed by atoms with E-state index >= 15 is 0 Å². The molecule has 7 heteroatoms. The number of methoxy groups -OCH3 is 3. The van der Waals surface area contributed by atoms with E-state index in [0.717, 1.165) is 22.0 Å². The number of pyridine rings is 1. The Kier molecular flexibility index (Phi) is 4.69. The summed E-state index contributed by atoms with van der Waals surface area (Å²) in [6.07, 6.45) is 1.71. The number of aromatic nitrogens is 1. The second-order valence-electron chi connectivity index (χ2n) is 6.56. The molecule has 0 spiro atoms. The van der Waals surface area contributed by atoms with Gasteiger partial charge in [0.25, 0.3) is 0 Å². The number of rotatable bonds is 4. The van der Waals surface area contributed by atoms with Crippen LogP contribution in [0.3, 0.4) is 0 Å². The second-order valence-corrected chi connectivity index (χ2v) is 6.56. The highest BCUT2D eigenvalue weighted by atomic mass is 16.5. The quantitative estimate of drug-likeness (QED) is 0.727. The molecular weight excluding hydrogens is 370 g/mol. The predicted molar refractivity (Wildman–Crippen MR) is 107 cm³/mol. The SMILES string of the molecule is COc1cc(C2c3ccc4ncccc4c3OC(=N)C2C#N)cc(OC)c1OC. The molecule has 0 fully saturated rings. The van der Waals surface area contributed by atoms with Crippen molar-refractivity contribution in [3.8, 4) is 29.1 Å². The van der Waals surface area contributed by atoms with Crippen molar-refractivity contribution in [1.29, 1.82) is 10.7 Å². The normalized spacial score (nSPS) is 17.8. The highest BCUT2D eigenvalue weighted by molar-refractivity contribution is 5.94. The Labute approximate surface area is 167 Å². The van der Waals surface area contributed by atoms with Crippen molar-refractivity contribution in [1.82, 2.24) is 4.98 Å². The summed E-state index contributed by atoms with van der Waals surface area (Å²) < 4.78 is 22.2. The first-order chi connectivity index (χ1) is 14.1. The van der Waals surface area contributed by atoms with Crippen molar-refractivity contribution < 1.29 is 18.9 Å². The first-order valence-corrected chi connectivity index (χ1v) is 8.96. The van der Waals surface area contributed by atoms with Gasteiger partial charge < -0.3 is 18.9 Å². The molecule has 0 bridgehead atoms. The van der Waals surface area contributed by atoms with E-state index < -0.39 is 11.8 Å². The van der Waals surface area contributed by atoms with Crippen LogP contribution in [-0.4, -0.2) is 32.2 Å². The molecule has 0 radical (unpaired) electrons. The van der Waals surface area contributed by atoms with Crippen molar-refractivity contribution in [3.05, 3.63) is 53.7 Å². The molecule has 146 valence electrons. The standard InChI is InChI=1S/C22H19N3O4/c1-26-17-9-12(10-18(27-2)21(17)28-3)19-14-6-7-16-13(5-4-8-25-16)20(14)29-22(24)15(19)11-23/h4-10,15,19,24H,1-3H3. The fourth-order valence-corrected chi connectivity index (χ4v) is 3.79. The van der Waals surface area contributed by atoms with Gasteiger partial charge in [0, 0.05) is 23.1 Å². The fourth-order valence-electron chi connectivity index (χ4n) is 3.79. The number of benzene rings is 2. The number of hydrogen-bond donors (Lipinski definition) is 1. The molecule has 2 aromatic carbocycles. The first-order valence-electron chi connectivity index (χ1n) is 8.96. The smallest absolute Gasteiger partial charge is 0.205 e. The molecule has 29 heavy (non-hydrogen) atoms. The van der Waals surface area contributed by atoms with Gasteiger partial charge in [0.2, 0.25) is 11.6 Å². The van der Waals surface area contributed by atoms with Crippen LogP contribution in [0.2, 0.25) is 0 Å². The van der Waals surface area contributed by atoms with E-state index in [1.54, 1.807) is 20.4 Å². The monoisotopic (exact) mass is 389 g/mol. The Bertz CT molecular complexity index is 1130. The zero-order valence-corrected chi connectivity index (χ0v) is 16.2. The average molecular weight is 389 g/mol. The fraction of sp³-hybridized carbons (Fsp3) is 0.227. The third-order valence-electron chi connectivity index (χ3n) is 5.11. The van der Waals surface area contributed by atoms with Crippen LogP contribution in [0, 0.1) is 22.7 Å². The van der Waals surface area contributed by atoms with Gasteiger partial charge >= 0.3 is 0 Å². The maximum absolute atomic E-state index is 9.82. The van der Waals surface area contributed by atoms with Crippen LogP contribution in [-0.2, 0) is 0 Å². The average Bonchev–Trinajstić information content (AvgIpc) is 2.76. The van der Waals surface area contributed by atoms with Gasteiger partial charge in [-0.3, -0.25) is 10.4 Å². The molecule has 0 saturated carbocycles. The minimum absolute atomic E-state index is 0.102. The largest absolute Gasteiger partial charge is 0.493 e. The maximum Gasteiger partial charge on any atom is 0.205 e. The van der Waals surface area contributed by atoms with E-state index in [2.05, 4.69) is 11.1 Å². The molecular formula is C22H19N3O4. The van der Waals surface area contributed by atoms with Crippen molar-refractivity contribution in [3.63, 3.8) is 0 Å². The van der Waals surface area contributed by atoms with Gasteiger partial charge in [-0.2, -0.15) is 5.26 Å². The molecule has 1 aliphatic heterocycles. The summed E-state index contributed by atoms with van der Waals surface area (Å²) in [4.78, 5) is 4.36. The number of fused-ring (bicyclic) bond motifs is 3. The lowest BCUT2D eigenvalue weighted by Crippen LogP contribution is -2.31. The van der Waals surface area contributed by atoms with E-state index in [1.165, 1.54) is 7.11 Å². The van der Waals surface area contributed by atoms with E-state index in [9.17, 15) is 5.26 Å². The molecule has 0 aliphatic carbocycles. The van der Waals surface area contributed by atoms with Gasteiger partial charge in [0.1, 0.15) is 11.7 Å². The van der Waals surface area contributed by atoms with Gasteiger partial charge in [-0.15, -0.1) is 0 Å². The molecule has 1 N–H and O–H groups in total. The summed E-state index contributed by atoms with van der Waals surface area (Å²) in [7, 11) is 4.63. The Morgan fingerprint density at radius 2 is 1.79 bits per heavy atom. The van der Waals surface area contributed by atoms with Crippen molar-refractivity contribution in [2.24, 2.45) is 5.92 Å². The zero-order valence-electron chi connectivity index (χ0n) is 16.2. The van der Waals surface area contributed by atoms with Crippen LogP contribution in [0.15, 0.2) is 42.6 Å². The minimum Gasteiger partial charge on any atom is -0.493 e. The lowest BCUT2D eigenvalue weighted by atomic mass is 9.78. The van der Waals surface area contributed by atoms with E-state index in [-0.39, 0.29) is 5.90 Å². The Morgan fingerprint density at radius 3 is 2.41 bits per heavy atom. The predicted octanol–water partition coefficient (Wildman–Crippen LogP) is 3.90. The van der Waals surface area contributed by atoms with Gasteiger partial charge in [-0.1, -0.05) is 6.07 Å². The molecule has 7 nitrogen and oxygen atoms in total. The maximum atomic E-state index is 9.82. The van der Waals surface area contributed by atoms with Gasteiger partial charge in [0.15, 0.2) is 11.5 Å². The number of ether oxygens (including phenoxy) is 4. The van der Waals surface area contributed by atoms with Gasteiger partial charge in [0.05, 0.1) is 32.9 Å². The molecule has 1 aromatic heterocycles. The van der Waals surface area contributed by atoms with Crippen LogP contribution >= 0.6 is 0 Å². The lowest BCUT2D eigenvalue weighted by Gasteiger charge is -2.31. The molecule has 4 rings (SSSR count). The zero-order chi connectivity index (χ0) is 20.5. The Morgan fingerprint density at radius 1 is 1.07 bits per heavy atom. The van der Waals surface area contributed by atoms with Crippen LogP contribution in [0.25, 0.3) is 10.9 Å². The van der Waals surface area contributed by atoms with Crippen LogP contribution in [0.4, 0.5) is 0 Å². The first kappa shape index (κ1) is 18.6. The third kappa shape index (κ3) is 2.90. The number of nitrogens with one attached hydrogen (secondary N) is 1. The van der Waals surface area contributed by atoms with Crippen molar-refractivity contribution in [2.75, 3.05) is 21.3 Å². The third-order valence-corrected chi connectivity index (χ3v) is 5.11. The summed E-state index contributed by atoms with van der Waals surface area (Å²) in [6, 6.07) is 13.3. The second kappa shape index (κ2) is 7.32. The summed E-state index contributed by atoms with van der Waals surface area (Å²) in [6.45, 7) is 0. The molecule has 0 saturated heterocycles. The van der Waals surface area contributed by atoms with Crippen LogP contribution < -0.4 is 18.9 Å². The van der Waals surface area contributed by atoms with Gasteiger partial charge in [-0.05, 0) is 35.9 Å². The van der Waals surface area contributed by atoms with E-state index in [1.807, 2.05) is 36.4 Å². The minimum atomic E-state index is -0.792. The summed E-state index contributed by atoms with van der Waals surface area (Å²) >= 11 is 0. The Hall–Kier alpha value is -3.79. The van der Waals surface area contributed by atoms with E-state index in [4.69, 9.17) is 24.4 Å². The van der Waals surface area contributed by atoms with Crippen LogP contribution in [0.1, 0.15) is 17.0 Å². The van der Waals surface area contributed by atoms with Crippen LogP contribution in [0.5, 0.6) is 23.0 Å². The molecule has 2 atom stereocenters. The topological polar surface area (TPSA) is 97.5 Å². The number of nitrogens with zero attached hydrogens (tertiary/aromatic N) is 2. The summed E-state index contributed by atoms with van der Waals surface area (Å²) in [5.74, 6) is 0.661. The van der Waals surface area contributed by atoms with Crippen molar-refractivity contribution >= 4 is 16.8 Å². The Balaban J connectivity index is 1.99. The molecule has 1 aliphatic rings. The number of hydrogen-bond acceptors (Lipinski definition) is 7. The molecule has 2 unspecified atom stereocenters. The molecule has 3 aromatic rings.